The Morgan fingerprint density at radius 2 is 1.39 bits per heavy atom. The Morgan fingerprint density at radius 3 is 2.00 bits per heavy atom. The molecule has 4 nitrogen and oxygen atoms in total. The molecular weight excluding hydrogens is 348 g/mol. The van der Waals surface area contributed by atoms with Gasteiger partial charge in [-0.2, -0.15) is 0 Å². The molecule has 3 aromatic rings. The van der Waals surface area contributed by atoms with Crippen LogP contribution in [0.3, 0.4) is 0 Å². The first-order valence-electron chi connectivity index (χ1n) is 9.65. The van der Waals surface area contributed by atoms with Crippen LogP contribution in [0, 0.1) is 0 Å². The number of hydrogen-bond donors (Lipinski definition) is 2. The summed E-state index contributed by atoms with van der Waals surface area (Å²) in [6.07, 6.45) is 1.75. The summed E-state index contributed by atoms with van der Waals surface area (Å²) in [7, 11) is 0. The van der Waals surface area contributed by atoms with Crippen molar-refractivity contribution in [3.05, 3.63) is 83.9 Å². The van der Waals surface area contributed by atoms with Gasteiger partial charge in [-0.25, -0.2) is 0 Å². The minimum absolute atomic E-state index is 0.0212. The SMILES string of the molecule is CCc1cccc(CC)c1NC(=O)COc1ccc(Nc2ccccc2)cc1. The van der Waals surface area contributed by atoms with E-state index in [1.54, 1.807) is 0 Å². The first-order valence-corrected chi connectivity index (χ1v) is 9.65. The largest absolute Gasteiger partial charge is 0.484 e. The van der Waals surface area contributed by atoms with Crippen molar-refractivity contribution >= 4 is 23.0 Å². The fourth-order valence-corrected chi connectivity index (χ4v) is 3.05. The molecule has 0 unspecified atom stereocenters. The van der Waals surface area contributed by atoms with Crippen LogP contribution in [-0.4, -0.2) is 12.5 Å². The van der Waals surface area contributed by atoms with Gasteiger partial charge in [0.15, 0.2) is 6.61 Å². The molecule has 3 aromatic carbocycles. The van der Waals surface area contributed by atoms with Crippen LogP contribution < -0.4 is 15.4 Å². The molecule has 0 saturated carbocycles. The van der Waals surface area contributed by atoms with E-state index in [1.165, 1.54) is 0 Å². The van der Waals surface area contributed by atoms with E-state index >= 15 is 0 Å². The Labute approximate surface area is 166 Å². The number of ether oxygens (including phenoxy) is 1. The molecule has 28 heavy (non-hydrogen) atoms. The maximum Gasteiger partial charge on any atom is 0.262 e. The van der Waals surface area contributed by atoms with Gasteiger partial charge >= 0.3 is 0 Å². The van der Waals surface area contributed by atoms with E-state index in [1.807, 2.05) is 72.8 Å². The highest BCUT2D eigenvalue weighted by Crippen LogP contribution is 2.23. The molecule has 2 N–H and O–H groups in total. The van der Waals surface area contributed by atoms with Crippen LogP contribution in [0.15, 0.2) is 72.8 Å². The lowest BCUT2D eigenvalue weighted by Gasteiger charge is -2.15. The molecule has 4 heteroatoms. The third-order valence-corrected chi connectivity index (χ3v) is 4.55. The van der Waals surface area contributed by atoms with Gasteiger partial charge in [0.25, 0.3) is 5.91 Å². The lowest BCUT2D eigenvalue weighted by molar-refractivity contribution is -0.118. The average molecular weight is 374 g/mol. The molecule has 0 bridgehead atoms. The number of hydrogen-bond acceptors (Lipinski definition) is 3. The Hall–Kier alpha value is -3.27. The Kier molecular flexibility index (Phi) is 6.68. The second kappa shape index (κ2) is 9.60. The molecule has 0 saturated heterocycles. The zero-order valence-corrected chi connectivity index (χ0v) is 16.4. The molecule has 0 atom stereocenters. The number of benzene rings is 3. The number of amides is 1. The molecule has 0 fully saturated rings. The molecule has 0 aliphatic heterocycles. The number of carbonyl (C=O) groups is 1. The van der Waals surface area contributed by atoms with Crippen molar-refractivity contribution in [1.82, 2.24) is 0 Å². The van der Waals surface area contributed by atoms with Crippen LogP contribution in [0.25, 0.3) is 0 Å². The highest BCUT2D eigenvalue weighted by Gasteiger charge is 2.10. The number of anilines is 3. The first-order chi connectivity index (χ1) is 13.7. The van der Waals surface area contributed by atoms with E-state index in [0.29, 0.717) is 5.75 Å². The zero-order chi connectivity index (χ0) is 19.8. The minimum Gasteiger partial charge on any atom is -0.484 e. The van der Waals surface area contributed by atoms with Crippen molar-refractivity contribution in [3.63, 3.8) is 0 Å². The van der Waals surface area contributed by atoms with Gasteiger partial charge in [0.2, 0.25) is 0 Å². The van der Waals surface area contributed by atoms with Gasteiger partial charge in [0.05, 0.1) is 0 Å². The second-order valence-corrected chi connectivity index (χ2v) is 6.51. The fraction of sp³-hybridized carbons (Fsp3) is 0.208. The van der Waals surface area contributed by atoms with Gasteiger partial charge in [-0.05, 0) is 60.4 Å². The van der Waals surface area contributed by atoms with Crippen molar-refractivity contribution in [2.75, 3.05) is 17.2 Å². The summed E-state index contributed by atoms with van der Waals surface area (Å²) < 4.78 is 5.65. The fourth-order valence-electron chi connectivity index (χ4n) is 3.05. The second-order valence-electron chi connectivity index (χ2n) is 6.51. The molecule has 1 amide bonds. The minimum atomic E-state index is -0.151. The quantitative estimate of drug-likeness (QED) is 0.542. The maximum absolute atomic E-state index is 12.4. The Balaban J connectivity index is 1.56. The van der Waals surface area contributed by atoms with Gasteiger partial charge in [0.1, 0.15) is 5.75 Å². The van der Waals surface area contributed by atoms with Crippen LogP contribution >= 0.6 is 0 Å². The standard InChI is InChI=1S/C24H26N2O2/c1-3-18-9-8-10-19(4-2)24(18)26-23(27)17-28-22-15-13-21(14-16-22)25-20-11-6-5-7-12-20/h5-16,25H,3-4,17H2,1-2H3,(H,26,27). The average Bonchev–Trinajstić information content (AvgIpc) is 2.74. The lowest BCUT2D eigenvalue weighted by Crippen LogP contribution is -2.21. The summed E-state index contributed by atoms with van der Waals surface area (Å²) >= 11 is 0. The number of carbonyl (C=O) groups excluding carboxylic acids is 1. The normalized spacial score (nSPS) is 10.4. The summed E-state index contributed by atoms with van der Waals surface area (Å²) in [4.78, 5) is 12.4. The summed E-state index contributed by atoms with van der Waals surface area (Å²) in [5, 5.41) is 6.34. The molecule has 0 aliphatic carbocycles. The zero-order valence-electron chi connectivity index (χ0n) is 16.4. The van der Waals surface area contributed by atoms with E-state index in [4.69, 9.17) is 4.74 Å². The maximum atomic E-state index is 12.4. The molecule has 0 radical (unpaired) electrons. The third kappa shape index (κ3) is 5.13. The van der Waals surface area contributed by atoms with Crippen LogP contribution in [0.2, 0.25) is 0 Å². The highest BCUT2D eigenvalue weighted by molar-refractivity contribution is 5.93. The Bertz CT molecular complexity index is 883. The smallest absolute Gasteiger partial charge is 0.262 e. The summed E-state index contributed by atoms with van der Waals surface area (Å²) in [5.41, 5.74) is 5.20. The van der Waals surface area contributed by atoms with Gasteiger partial charge in [-0.3, -0.25) is 4.79 Å². The number of rotatable bonds is 8. The van der Waals surface area contributed by atoms with Crippen LogP contribution in [0.1, 0.15) is 25.0 Å². The van der Waals surface area contributed by atoms with Crippen molar-refractivity contribution in [1.29, 1.82) is 0 Å². The molecule has 144 valence electrons. The molecule has 0 heterocycles. The van der Waals surface area contributed by atoms with Gasteiger partial charge in [-0.15, -0.1) is 0 Å². The van der Waals surface area contributed by atoms with E-state index in [0.717, 1.165) is 41.0 Å². The van der Waals surface area contributed by atoms with E-state index < -0.39 is 0 Å². The van der Waals surface area contributed by atoms with E-state index in [2.05, 4.69) is 24.5 Å². The lowest BCUT2D eigenvalue weighted by atomic mass is 10.0. The molecule has 3 rings (SSSR count). The van der Waals surface area contributed by atoms with Crippen LogP contribution in [-0.2, 0) is 17.6 Å². The summed E-state index contributed by atoms with van der Waals surface area (Å²) in [5.74, 6) is 0.510. The molecule has 0 aromatic heterocycles. The van der Waals surface area contributed by atoms with Crippen molar-refractivity contribution in [2.24, 2.45) is 0 Å². The summed E-state index contributed by atoms with van der Waals surface area (Å²) in [6.45, 7) is 4.16. The molecular formula is C24H26N2O2. The van der Waals surface area contributed by atoms with Crippen molar-refractivity contribution in [2.45, 2.75) is 26.7 Å². The highest BCUT2D eigenvalue weighted by atomic mass is 16.5. The summed E-state index contributed by atoms with van der Waals surface area (Å²) in [6, 6.07) is 23.7. The number of para-hydroxylation sites is 2. The molecule has 0 spiro atoms. The monoisotopic (exact) mass is 374 g/mol. The van der Waals surface area contributed by atoms with E-state index in [9.17, 15) is 4.79 Å². The van der Waals surface area contributed by atoms with Crippen molar-refractivity contribution < 1.29 is 9.53 Å². The van der Waals surface area contributed by atoms with E-state index in [-0.39, 0.29) is 12.5 Å². The van der Waals surface area contributed by atoms with Gasteiger partial charge < -0.3 is 15.4 Å². The molecule has 0 aliphatic rings. The van der Waals surface area contributed by atoms with Gasteiger partial charge in [0, 0.05) is 17.1 Å². The number of aryl methyl sites for hydroxylation is 2. The van der Waals surface area contributed by atoms with Gasteiger partial charge in [-0.1, -0.05) is 50.2 Å². The predicted octanol–water partition coefficient (Wildman–Crippen LogP) is 5.57. The number of nitrogens with one attached hydrogen (secondary N) is 2. The van der Waals surface area contributed by atoms with Crippen molar-refractivity contribution in [3.8, 4) is 5.75 Å². The first kappa shape index (κ1) is 19.5. The Morgan fingerprint density at radius 1 is 0.786 bits per heavy atom. The predicted molar refractivity (Wildman–Crippen MR) is 115 cm³/mol. The third-order valence-electron chi connectivity index (χ3n) is 4.55. The van der Waals surface area contributed by atoms with Crippen LogP contribution in [0.5, 0.6) is 5.75 Å². The topological polar surface area (TPSA) is 50.4 Å². The van der Waals surface area contributed by atoms with Crippen LogP contribution in [0.4, 0.5) is 17.1 Å².